The first-order valence-electron chi connectivity index (χ1n) is 7.40. The molecule has 0 aliphatic heterocycles. The Morgan fingerprint density at radius 2 is 1.87 bits per heavy atom. The quantitative estimate of drug-likeness (QED) is 0.673. The molecule has 0 spiro atoms. The topological polar surface area (TPSA) is 105 Å². The Morgan fingerprint density at radius 1 is 1.22 bits per heavy atom. The number of hydrogen-bond donors (Lipinski definition) is 3. The molecule has 0 saturated carbocycles. The van der Waals surface area contributed by atoms with E-state index < -0.39 is 30.6 Å². The minimum atomic E-state index is -1.15. The van der Waals surface area contributed by atoms with Crippen LogP contribution in [0.3, 0.4) is 0 Å². The van der Waals surface area contributed by atoms with Crippen molar-refractivity contribution >= 4 is 18.0 Å². The summed E-state index contributed by atoms with van der Waals surface area (Å²) in [7, 11) is 0. The Bertz CT molecular complexity index is 533. The van der Waals surface area contributed by atoms with Crippen LogP contribution < -0.4 is 10.6 Å². The Balaban J connectivity index is 2.56. The van der Waals surface area contributed by atoms with Crippen molar-refractivity contribution in [3.63, 3.8) is 0 Å². The number of alkyl carbamates (subject to hydrolysis) is 1. The van der Waals surface area contributed by atoms with Gasteiger partial charge in [0.05, 0.1) is 0 Å². The Labute approximate surface area is 135 Å². The first kappa shape index (κ1) is 18.5. The number of carboxylic acid groups (broad SMARTS) is 1. The molecule has 0 heterocycles. The van der Waals surface area contributed by atoms with Crippen molar-refractivity contribution in [1.82, 2.24) is 10.6 Å². The molecule has 7 heteroatoms. The highest BCUT2D eigenvalue weighted by Gasteiger charge is 2.26. The number of hydrogen-bond acceptors (Lipinski definition) is 4. The van der Waals surface area contributed by atoms with E-state index in [9.17, 15) is 14.4 Å². The van der Waals surface area contributed by atoms with Crippen molar-refractivity contribution in [2.75, 3.05) is 6.54 Å². The van der Waals surface area contributed by atoms with Gasteiger partial charge in [-0.25, -0.2) is 4.79 Å². The second-order valence-corrected chi connectivity index (χ2v) is 5.18. The standard InChI is InChI=1S/C16H22N2O5/c1-3-11(2)14(15(21)17-9-13(19)20)18-16(22)23-10-12-7-5-4-6-8-12/h4-8,11,14H,3,9-10H2,1-2H3,(H,17,21)(H,18,22)(H,19,20)/t11-,14-/m0/s1. The number of nitrogens with one attached hydrogen (secondary N) is 2. The molecule has 0 unspecified atom stereocenters. The number of rotatable bonds is 8. The van der Waals surface area contributed by atoms with Gasteiger partial charge in [0.25, 0.3) is 0 Å². The van der Waals surface area contributed by atoms with Crippen molar-refractivity contribution in [3.05, 3.63) is 35.9 Å². The number of carboxylic acids is 1. The summed E-state index contributed by atoms with van der Waals surface area (Å²) in [6.07, 6.45) is -0.0750. The molecule has 3 N–H and O–H groups in total. The maximum Gasteiger partial charge on any atom is 0.408 e. The predicted octanol–water partition coefficient (Wildman–Crippen LogP) is 1.53. The molecule has 1 aromatic carbocycles. The summed E-state index contributed by atoms with van der Waals surface area (Å²) in [6.45, 7) is 3.27. The van der Waals surface area contributed by atoms with E-state index in [-0.39, 0.29) is 12.5 Å². The van der Waals surface area contributed by atoms with Crippen LogP contribution in [0.5, 0.6) is 0 Å². The van der Waals surface area contributed by atoms with Gasteiger partial charge in [-0.15, -0.1) is 0 Å². The van der Waals surface area contributed by atoms with Gasteiger partial charge in [0.15, 0.2) is 0 Å². The Morgan fingerprint density at radius 3 is 2.43 bits per heavy atom. The number of benzene rings is 1. The lowest BCUT2D eigenvalue weighted by Gasteiger charge is -2.22. The Hall–Kier alpha value is -2.57. The van der Waals surface area contributed by atoms with Crippen molar-refractivity contribution in [3.8, 4) is 0 Å². The molecule has 1 rings (SSSR count). The fraction of sp³-hybridized carbons (Fsp3) is 0.438. The van der Waals surface area contributed by atoms with Crippen LogP contribution in [0, 0.1) is 5.92 Å². The van der Waals surface area contributed by atoms with Gasteiger partial charge >= 0.3 is 12.1 Å². The van der Waals surface area contributed by atoms with Crippen LogP contribution in [-0.2, 0) is 20.9 Å². The molecule has 0 bridgehead atoms. The Kier molecular flexibility index (Phi) is 7.59. The van der Waals surface area contributed by atoms with Gasteiger partial charge in [-0.05, 0) is 11.5 Å². The van der Waals surface area contributed by atoms with Gasteiger partial charge in [-0.2, -0.15) is 0 Å². The first-order valence-corrected chi connectivity index (χ1v) is 7.40. The molecule has 0 aliphatic rings. The van der Waals surface area contributed by atoms with E-state index in [0.717, 1.165) is 5.56 Å². The highest BCUT2D eigenvalue weighted by atomic mass is 16.5. The van der Waals surface area contributed by atoms with Crippen molar-refractivity contribution in [2.45, 2.75) is 32.9 Å². The molecule has 7 nitrogen and oxygen atoms in total. The van der Waals surface area contributed by atoms with E-state index in [1.807, 2.05) is 37.3 Å². The first-order chi connectivity index (χ1) is 10.9. The zero-order valence-corrected chi connectivity index (χ0v) is 13.2. The molecular formula is C16H22N2O5. The number of ether oxygens (including phenoxy) is 1. The van der Waals surface area contributed by atoms with E-state index in [4.69, 9.17) is 9.84 Å². The molecule has 2 amide bonds. The maximum absolute atomic E-state index is 12.0. The van der Waals surface area contributed by atoms with Crippen molar-refractivity contribution in [2.24, 2.45) is 5.92 Å². The summed E-state index contributed by atoms with van der Waals surface area (Å²) in [4.78, 5) is 34.4. The lowest BCUT2D eigenvalue weighted by atomic mass is 9.98. The van der Waals surface area contributed by atoms with Gasteiger partial charge < -0.3 is 20.5 Å². The largest absolute Gasteiger partial charge is 0.480 e. The molecule has 0 aliphatic carbocycles. The van der Waals surface area contributed by atoms with E-state index in [1.54, 1.807) is 6.92 Å². The molecule has 0 radical (unpaired) electrons. The zero-order valence-electron chi connectivity index (χ0n) is 13.2. The molecule has 0 fully saturated rings. The van der Waals surface area contributed by atoms with Gasteiger partial charge in [-0.1, -0.05) is 50.6 Å². The highest BCUT2D eigenvalue weighted by Crippen LogP contribution is 2.09. The number of amides is 2. The average molecular weight is 322 g/mol. The number of carbonyl (C=O) groups is 3. The van der Waals surface area contributed by atoms with E-state index in [0.29, 0.717) is 6.42 Å². The summed E-state index contributed by atoms with van der Waals surface area (Å²) in [5, 5.41) is 13.4. The lowest BCUT2D eigenvalue weighted by molar-refractivity contribution is -0.138. The van der Waals surface area contributed by atoms with Crippen molar-refractivity contribution < 1.29 is 24.2 Å². The molecular weight excluding hydrogens is 300 g/mol. The van der Waals surface area contributed by atoms with Crippen molar-refractivity contribution in [1.29, 1.82) is 0 Å². The lowest BCUT2D eigenvalue weighted by Crippen LogP contribution is -2.51. The van der Waals surface area contributed by atoms with Crippen LogP contribution in [0.2, 0.25) is 0 Å². The predicted molar refractivity (Wildman–Crippen MR) is 83.7 cm³/mol. The molecule has 23 heavy (non-hydrogen) atoms. The smallest absolute Gasteiger partial charge is 0.408 e. The maximum atomic E-state index is 12.0. The van der Waals surface area contributed by atoms with Crippen LogP contribution in [0.1, 0.15) is 25.8 Å². The fourth-order valence-corrected chi connectivity index (χ4v) is 1.87. The van der Waals surface area contributed by atoms with Crippen LogP contribution in [-0.4, -0.2) is 35.7 Å². The normalized spacial score (nSPS) is 12.8. The summed E-state index contributed by atoms with van der Waals surface area (Å²) in [5.41, 5.74) is 0.832. The second kappa shape index (κ2) is 9.45. The van der Waals surface area contributed by atoms with Gasteiger partial charge in [0.1, 0.15) is 19.2 Å². The van der Waals surface area contributed by atoms with E-state index in [2.05, 4.69) is 10.6 Å². The monoisotopic (exact) mass is 322 g/mol. The highest BCUT2D eigenvalue weighted by molar-refractivity contribution is 5.88. The van der Waals surface area contributed by atoms with E-state index >= 15 is 0 Å². The third kappa shape index (κ3) is 6.82. The van der Waals surface area contributed by atoms with Crippen LogP contribution in [0.25, 0.3) is 0 Å². The molecule has 2 atom stereocenters. The van der Waals surface area contributed by atoms with Gasteiger partial charge in [0.2, 0.25) is 5.91 Å². The molecule has 0 saturated heterocycles. The number of aliphatic carboxylic acids is 1. The van der Waals surface area contributed by atoms with Crippen LogP contribution in [0.15, 0.2) is 30.3 Å². The SMILES string of the molecule is CC[C@H](C)[C@H](NC(=O)OCc1ccccc1)C(=O)NCC(=O)O. The van der Waals surface area contributed by atoms with Crippen LogP contribution in [0.4, 0.5) is 4.79 Å². The zero-order chi connectivity index (χ0) is 17.2. The summed E-state index contributed by atoms with van der Waals surface area (Å²) in [6, 6.07) is 8.31. The molecule has 0 aromatic heterocycles. The summed E-state index contributed by atoms with van der Waals surface area (Å²) >= 11 is 0. The summed E-state index contributed by atoms with van der Waals surface area (Å²) in [5.74, 6) is -1.85. The fourth-order valence-electron chi connectivity index (χ4n) is 1.87. The number of carbonyl (C=O) groups excluding carboxylic acids is 2. The third-order valence-corrected chi connectivity index (χ3v) is 3.40. The second-order valence-electron chi connectivity index (χ2n) is 5.18. The minimum Gasteiger partial charge on any atom is -0.480 e. The van der Waals surface area contributed by atoms with Gasteiger partial charge in [-0.3, -0.25) is 9.59 Å². The summed E-state index contributed by atoms with van der Waals surface area (Å²) < 4.78 is 5.08. The van der Waals surface area contributed by atoms with Gasteiger partial charge in [0, 0.05) is 0 Å². The molecule has 126 valence electrons. The third-order valence-electron chi connectivity index (χ3n) is 3.40. The average Bonchev–Trinajstić information content (AvgIpc) is 2.55. The van der Waals surface area contributed by atoms with Crippen LogP contribution >= 0.6 is 0 Å². The van der Waals surface area contributed by atoms with E-state index in [1.165, 1.54) is 0 Å². The molecule has 1 aromatic rings. The minimum absolute atomic E-state index is 0.0939.